The number of ketones is 1. The predicted molar refractivity (Wildman–Crippen MR) is 169 cm³/mol. The third-order valence-electron chi connectivity index (χ3n) is 7.79. The fourth-order valence-corrected chi connectivity index (χ4v) is 5.43. The SMILES string of the molecule is Cc1cc(NC(=O)[C@@H](CCCCCN)NC(=O)[C@H]2Cc3ccccc3CN2C(=O)CCC(=O)c2ccccc2)ccc1Cl. The molecule has 8 nitrogen and oxygen atoms in total. The molecule has 4 rings (SSSR count). The lowest BCUT2D eigenvalue weighted by molar-refractivity contribution is -0.142. The molecule has 1 aliphatic heterocycles. The molecule has 3 aromatic rings. The highest BCUT2D eigenvalue weighted by molar-refractivity contribution is 6.31. The van der Waals surface area contributed by atoms with Crippen molar-refractivity contribution in [1.82, 2.24) is 10.2 Å². The molecule has 0 aliphatic carbocycles. The van der Waals surface area contributed by atoms with Crippen molar-refractivity contribution >= 4 is 40.8 Å². The van der Waals surface area contributed by atoms with E-state index in [0.29, 0.717) is 42.1 Å². The number of aryl methyl sites for hydroxylation is 1. The molecule has 0 bridgehead atoms. The lowest BCUT2D eigenvalue weighted by atomic mass is 9.92. The molecular formula is C34H39ClN4O4. The minimum absolute atomic E-state index is 0.0153. The van der Waals surface area contributed by atoms with Gasteiger partial charge >= 0.3 is 0 Å². The quantitative estimate of drug-likeness (QED) is 0.183. The summed E-state index contributed by atoms with van der Waals surface area (Å²) in [6.07, 6.45) is 3.12. The Kier molecular flexibility index (Phi) is 11.5. The molecular weight excluding hydrogens is 564 g/mol. The number of carbonyl (C=O) groups excluding carboxylic acids is 4. The second-order valence-corrected chi connectivity index (χ2v) is 11.4. The first-order valence-corrected chi connectivity index (χ1v) is 15.2. The Morgan fingerprint density at radius 3 is 2.37 bits per heavy atom. The van der Waals surface area contributed by atoms with Gasteiger partial charge < -0.3 is 21.3 Å². The van der Waals surface area contributed by atoms with E-state index in [1.165, 1.54) is 0 Å². The molecule has 0 radical (unpaired) electrons. The zero-order chi connectivity index (χ0) is 30.8. The van der Waals surface area contributed by atoms with Gasteiger partial charge in [0.1, 0.15) is 12.1 Å². The Balaban J connectivity index is 1.50. The topological polar surface area (TPSA) is 122 Å². The van der Waals surface area contributed by atoms with Gasteiger partial charge in [-0.3, -0.25) is 19.2 Å². The Morgan fingerprint density at radius 2 is 1.65 bits per heavy atom. The molecule has 3 amide bonds. The van der Waals surface area contributed by atoms with Crippen molar-refractivity contribution in [1.29, 1.82) is 0 Å². The Hall–Kier alpha value is -4.01. The second kappa shape index (κ2) is 15.5. The number of Topliss-reactive ketones (excluding diaryl/α,β-unsaturated/α-hetero) is 1. The first kappa shape index (κ1) is 31.9. The number of halogens is 1. The molecule has 43 heavy (non-hydrogen) atoms. The van der Waals surface area contributed by atoms with Gasteiger partial charge in [-0.15, -0.1) is 0 Å². The minimum atomic E-state index is -0.814. The fraction of sp³-hybridized carbons (Fsp3) is 0.353. The van der Waals surface area contributed by atoms with Gasteiger partial charge in [-0.2, -0.15) is 0 Å². The van der Waals surface area contributed by atoms with Gasteiger partial charge in [0, 0.05) is 42.1 Å². The van der Waals surface area contributed by atoms with Crippen LogP contribution in [0.1, 0.15) is 65.6 Å². The van der Waals surface area contributed by atoms with E-state index in [9.17, 15) is 19.2 Å². The normalized spacial score (nSPS) is 14.9. The number of amides is 3. The van der Waals surface area contributed by atoms with Gasteiger partial charge in [-0.25, -0.2) is 0 Å². The third-order valence-corrected chi connectivity index (χ3v) is 8.21. The standard InChI is InChI=1S/C34H39ClN4O4/c1-23-20-27(15-16-28(23)35)37-33(42)29(14-6-3-9-19-36)38-34(43)30-21-25-12-7-8-13-26(25)22-39(30)32(41)18-17-31(40)24-10-4-2-5-11-24/h2,4-5,7-8,10-13,15-16,20,29-30H,3,6,9,14,17-19,21-22,36H2,1H3,(H,37,42)(H,38,43)/t29-,30-/m1/s1. The minimum Gasteiger partial charge on any atom is -0.342 e. The first-order chi connectivity index (χ1) is 20.8. The zero-order valence-electron chi connectivity index (χ0n) is 24.5. The van der Waals surface area contributed by atoms with Crippen molar-refractivity contribution < 1.29 is 19.2 Å². The van der Waals surface area contributed by atoms with Gasteiger partial charge in [0.05, 0.1) is 0 Å². The van der Waals surface area contributed by atoms with Crippen molar-refractivity contribution in [3.8, 4) is 0 Å². The largest absolute Gasteiger partial charge is 0.342 e. The number of nitrogens with zero attached hydrogens (tertiary/aromatic N) is 1. The summed E-state index contributed by atoms with van der Waals surface area (Å²) >= 11 is 6.15. The molecule has 4 N–H and O–H groups in total. The molecule has 0 aromatic heterocycles. The number of carbonyl (C=O) groups is 4. The lowest BCUT2D eigenvalue weighted by Crippen LogP contribution is -2.56. The van der Waals surface area contributed by atoms with E-state index in [2.05, 4.69) is 10.6 Å². The van der Waals surface area contributed by atoms with Gasteiger partial charge in [0.25, 0.3) is 0 Å². The van der Waals surface area contributed by atoms with Crippen molar-refractivity contribution in [2.75, 3.05) is 11.9 Å². The number of hydrogen-bond acceptors (Lipinski definition) is 5. The number of nitrogens with one attached hydrogen (secondary N) is 2. The fourth-order valence-electron chi connectivity index (χ4n) is 5.31. The molecule has 1 aliphatic rings. The summed E-state index contributed by atoms with van der Waals surface area (Å²) in [6, 6.07) is 20.2. The summed E-state index contributed by atoms with van der Waals surface area (Å²) in [5.74, 6) is -1.15. The van der Waals surface area contributed by atoms with Crippen molar-refractivity contribution in [2.24, 2.45) is 5.73 Å². The number of anilines is 1. The van der Waals surface area contributed by atoms with Crippen LogP contribution in [0.3, 0.4) is 0 Å². The Bertz CT molecular complexity index is 1450. The lowest BCUT2D eigenvalue weighted by Gasteiger charge is -2.37. The molecule has 226 valence electrons. The molecule has 0 spiro atoms. The van der Waals surface area contributed by atoms with Crippen LogP contribution in [0.2, 0.25) is 5.02 Å². The van der Waals surface area contributed by atoms with E-state index >= 15 is 0 Å². The zero-order valence-corrected chi connectivity index (χ0v) is 25.2. The summed E-state index contributed by atoms with van der Waals surface area (Å²) in [5, 5.41) is 6.44. The number of hydrogen-bond donors (Lipinski definition) is 3. The number of benzene rings is 3. The number of nitrogens with two attached hydrogens (primary N) is 1. The highest BCUT2D eigenvalue weighted by Gasteiger charge is 2.36. The highest BCUT2D eigenvalue weighted by Crippen LogP contribution is 2.25. The van der Waals surface area contributed by atoms with E-state index in [4.69, 9.17) is 17.3 Å². The van der Waals surface area contributed by atoms with Crippen LogP contribution in [0.15, 0.2) is 72.8 Å². The maximum Gasteiger partial charge on any atom is 0.246 e. The molecule has 9 heteroatoms. The van der Waals surface area contributed by atoms with Crippen LogP contribution in [0.25, 0.3) is 0 Å². The summed E-state index contributed by atoms with van der Waals surface area (Å²) in [7, 11) is 0. The summed E-state index contributed by atoms with van der Waals surface area (Å²) in [5.41, 5.74) is 9.55. The monoisotopic (exact) mass is 602 g/mol. The molecule has 2 atom stereocenters. The van der Waals surface area contributed by atoms with Crippen LogP contribution in [0, 0.1) is 6.92 Å². The summed E-state index contributed by atoms with van der Waals surface area (Å²) < 4.78 is 0. The molecule has 0 unspecified atom stereocenters. The second-order valence-electron chi connectivity index (χ2n) is 11.0. The van der Waals surface area contributed by atoms with E-state index < -0.39 is 18.0 Å². The summed E-state index contributed by atoms with van der Waals surface area (Å²) in [6.45, 7) is 2.66. The van der Waals surface area contributed by atoms with Crippen LogP contribution < -0.4 is 16.4 Å². The number of rotatable bonds is 13. The van der Waals surface area contributed by atoms with Crippen LogP contribution >= 0.6 is 11.6 Å². The van der Waals surface area contributed by atoms with Gasteiger partial charge in [-0.1, -0.05) is 79.0 Å². The van der Waals surface area contributed by atoms with Gasteiger partial charge in [0.2, 0.25) is 17.7 Å². The maximum absolute atomic E-state index is 13.8. The van der Waals surface area contributed by atoms with E-state index in [-0.39, 0.29) is 37.0 Å². The third kappa shape index (κ3) is 8.75. The van der Waals surface area contributed by atoms with Crippen molar-refractivity contribution in [2.45, 2.75) is 70.5 Å². The molecule has 0 saturated heterocycles. The molecule has 0 saturated carbocycles. The average molecular weight is 603 g/mol. The smallest absolute Gasteiger partial charge is 0.246 e. The summed E-state index contributed by atoms with van der Waals surface area (Å²) in [4.78, 5) is 55.0. The van der Waals surface area contributed by atoms with E-state index in [0.717, 1.165) is 29.5 Å². The van der Waals surface area contributed by atoms with E-state index in [1.54, 1.807) is 47.4 Å². The van der Waals surface area contributed by atoms with Crippen molar-refractivity contribution in [3.05, 3.63) is 100 Å². The predicted octanol–water partition coefficient (Wildman–Crippen LogP) is 5.21. The Labute approximate surface area is 258 Å². The maximum atomic E-state index is 13.8. The Morgan fingerprint density at radius 1 is 0.930 bits per heavy atom. The van der Waals surface area contributed by atoms with Crippen molar-refractivity contribution in [3.63, 3.8) is 0 Å². The highest BCUT2D eigenvalue weighted by atomic mass is 35.5. The molecule has 0 fully saturated rings. The van der Waals surface area contributed by atoms with E-state index in [1.807, 2.05) is 37.3 Å². The number of fused-ring (bicyclic) bond motifs is 1. The van der Waals surface area contributed by atoms with Gasteiger partial charge in [-0.05, 0) is 61.2 Å². The van der Waals surface area contributed by atoms with Crippen LogP contribution in [0.4, 0.5) is 5.69 Å². The average Bonchev–Trinajstić information content (AvgIpc) is 3.02. The van der Waals surface area contributed by atoms with Gasteiger partial charge in [0.15, 0.2) is 5.78 Å². The number of unbranched alkanes of at least 4 members (excludes halogenated alkanes) is 2. The van der Waals surface area contributed by atoms with Crippen LogP contribution in [0.5, 0.6) is 0 Å². The first-order valence-electron chi connectivity index (χ1n) is 14.8. The molecule has 1 heterocycles. The van der Waals surface area contributed by atoms with Crippen LogP contribution in [-0.4, -0.2) is 47.0 Å². The molecule has 3 aromatic carbocycles. The van der Waals surface area contributed by atoms with Crippen LogP contribution in [-0.2, 0) is 27.3 Å².